The van der Waals surface area contributed by atoms with E-state index < -0.39 is 0 Å². The molecule has 1 aromatic carbocycles. The van der Waals surface area contributed by atoms with Gasteiger partial charge in [0.05, 0.1) is 5.69 Å². The van der Waals surface area contributed by atoms with Crippen LogP contribution >= 0.6 is 11.6 Å². The number of nitrogens with zero attached hydrogens (tertiary/aromatic N) is 4. The SMILES string of the molecule is CC(CCl)CCCNc1nnnn1-c1ccccc1. The Labute approximate surface area is 118 Å². The average Bonchev–Trinajstić information content (AvgIpc) is 2.92. The Bertz CT molecular complexity index is 485. The second kappa shape index (κ2) is 7.09. The molecule has 6 heteroatoms. The number of halogens is 1. The molecule has 102 valence electrons. The molecule has 5 nitrogen and oxygen atoms in total. The molecular weight excluding hydrogens is 262 g/mol. The molecular formula is C13H18ClN5. The Hall–Kier alpha value is -1.62. The van der Waals surface area contributed by atoms with E-state index in [4.69, 9.17) is 11.6 Å². The minimum Gasteiger partial charge on any atom is -0.353 e. The zero-order chi connectivity index (χ0) is 13.5. The molecule has 0 saturated carbocycles. The van der Waals surface area contributed by atoms with E-state index >= 15 is 0 Å². The Kier molecular flexibility index (Phi) is 5.15. The second-order valence-electron chi connectivity index (χ2n) is 4.58. The zero-order valence-corrected chi connectivity index (χ0v) is 11.7. The molecule has 1 N–H and O–H groups in total. The van der Waals surface area contributed by atoms with Gasteiger partial charge in [-0.2, -0.15) is 4.68 Å². The van der Waals surface area contributed by atoms with Crippen LogP contribution < -0.4 is 5.32 Å². The van der Waals surface area contributed by atoms with Crippen molar-refractivity contribution in [2.24, 2.45) is 5.92 Å². The minimum absolute atomic E-state index is 0.550. The summed E-state index contributed by atoms with van der Waals surface area (Å²) in [6.45, 7) is 3.00. The van der Waals surface area contributed by atoms with Crippen LogP contribution in [0.3, 0.4) is 0 Å². The third-order valence-electron chi connectivity index (χ3n) is 2.89. The van der Waals surface area contributed by atoms with Crippen LogP contribution in [0.4, 0.5) is 5.95 Å². The van der Waals surface area contributed by atoms with Crippen molar-refractivity contribution in [3.63, 3.8) is 0 Å². The number of hydrogen-bond donors (Lipinski definition) is 1. The maximum atomic E-state index is 5.78. The van der Waals surface area contributed by atoms with Gasteiger partial charge < -0.3 is 5.32 Å². The Balaban J connectivity index is 1.90. The first-order chi connectivity index (χ1) is 9.31. The van der Waals surface area contributed by atoms with Crippen LogP contribution in [0.25, 0.3) is 5.69 Å². The number of rotatable bonds is 7. The molecule has 0 aliphatic heterocycles. The van der Waals surface area contributed by atoms with Crippen LogP contribution in [-0.4, -0.2) is 32.6 Å². The van der Waals surface area contributed by atoms with Gasteiger partial charge in [-0.3, -0.25) is 0 Å². The van der Waals surface area contributed by atoms with Crippen LogP contribution in [-0.2, 0) is 0 Å². The highest BCUT2D eigenvalue weighted by molar-refractivity contribution is 6.18. The molecule has 2 rings (SSSR count). The van der Waals surface area contributed by atoms with Crippen molar-refractivity contribution >= 4 is 17.5 Å². The summed E-state index contributed by atoms with van der Waals surface area (Å²) in [4.78, 5) is 0. The van der Waals surface area contributed by atoms with Crippen molar-refractivity contribution in [1.29, 1.82) is 0 Å². The lowest BCUT2D eigenvalue weighted by Gasteiger charge is -2.09. The van der Waals surface area contributed by atoms with Crippen molar-refractivity contribution in [2.75, 3.05) is 17.7 Å². The first-order valence-corrected chi connectivity index (χ1v) is 6.98. The van der Waals surface area contributed by atoms with Crippen LogP contribution in [0.5, 0.6) is 0 Å². The summed E-state index contributed by atoms with van der Waals surface area (Å²) in [6, 6.07) is 9.83. The molecule has 19 heavy (non-hydrogen) atoms. The molecule has 0 aliphatic rings. The van der Waals surface area contributed by atoms with Crippen LogP contribution in [0, 0.1) is 5.92 Å². The van der Waals surface area contributed by atoms with Gasteiger partial charge in [-0.15, -0.1) is 11.6 Å². The molecule has 1 heterocycles. The van der Waals surface area contributed by atoms with Crippen LogP contribution in [0.2, 0.25) is 0 Å². The molecule has 1 atom stereocenters. The average molecular weight is 280 g/mol. The summed E-state index contributed by atoms with van der Waals surface area (Å²) in [6.07, 6.45) is 2.15. The number of aromatic nitrogens is 4. The molecule has 1 aromatic heterocycles. The summed E-state index contributed by atoms with van der Waals surface area (Å²) < 4.78 is 1.70. The van der Waals surface area contributed by atoms with Crippen LogP contribution in [0.15, 0.2) is 30.3 Å². The molecule has 0 bridgehead atoms. The first-order valence-electron chi connectivity index (χ1n) is 6.45. The normalized spacial score (nSPS) is 12.3. The molecule has 0 amide bonds. The number of alkyl halides is 1. The van der Waals surface area contributed by atoms with Crippen molar-refractivity contribution in [2.45, 2.75) is 19.8 Å². The second-order valence-corrected chi connectivity index (χ2v) is 4.89. The fourth-order valence-electron chi connectivity index (χ4n) is 1.77. The molecule has 2 aromatic rings. The number of nitrogens with one attached hydrogen (secondary N) is 1. The summed E-state index contributed by atoms with van der Waals surface area (Å²) in [5.41, 5.74) is 0.948. The highest BCUT2D eigenvalue weighted by Gasteiger charge is 2.07. The lowest BCUT2D eigenvalue weighted by atomic mass is 10.1. The summed E-state index contributed by atoms with van der Waals surface area (Å²) in [7, 11) is 0. The Morgan fingerprint density at radius 2 is 2.11 bits per heavy atom. The van der Waals surface area contributed by atoms with Crippen molar-refractivity contribution in [3.8, 4) is 5.69 Å². The van der Waals surface area contributed by atoms with Gasteiger partial charge in [0.2, 0.25) is 5.95 Å². The highest BCUT2D eigenvalue weighted by Crippen LogP contribution is 2.11. The highest BCUT2D eigenvalue weighted by atomic mass is 35.5. The van der Waals surface area contributed by atoms with Gasteiger partial charge in [-0.25, -0.2) is 0 Å². The lowest BCUT2D eigenvalue weighted by molar-refractivity contribution is 0.571. The van der Waals surface area contributed by atoms with Gasteiger partial charge in [-0.05, 0) is 41.3 Å². The number of anilines is 1. The largest absolute Gasteiger partial charge is 0.353 e. The molecule has 0 spiro atoms. The van der Waals surface area contributed by atoms with Crippen molar-refractivity contribution in [1.82, 2.24) is 20.2 Å². The fraction of sp³-hybridized carbons (Fsp3) is 0.462. The van der Waals surface area contributed by atoms with E-state index in [9.17, 15) is 0 Å². The number of tetrazole rings is 1. The fourth-order valence-corrected chi connectivity index (χ4v) is 1.92. The monoisotopic (exact) mass is 279 g/mol. The van der Waals surface area contributed by atoms with Crippen molar-refractivity contribution < 1.29 is 0 Å². The van der Waals surface area contributed by atoms with E-state index in [0.29, 0.717) is 17.7 Å². The van der Waals surface area contributed by atoms with E-state index in [2.05, 4.69) is 27.8 Å². The quantitative estimate of drug-likeness (QED) is 0.625. The van der Waals surface area contributed by atoms with E-state index in [1.165, 1.54) is 0 Å². The van der Waals surface area contributed by atoms with Gasteiger partial charge in [-0.1, -0.05) is 30.2 Å². The summed E-state index contributed by atoms with van der Waals surface area (Å²) >= 11 is 5.78. The smallest absolute Gasteiger partial charge is 0.247 e. The van der Waals surface area contributed by atoms with Gasteiger partial charge in [0.25, 0.3) is 0 Å². The van der Waals surface area contributed by atoms with E-state index in [1.807, 2.05) is 30.3 Å². The third kappa shape index (κ3) is 3.92. The number of hydrogen-bond acceptors (Lipinski definition) is 4. The Morgan fingerprint density at radius 3 is 2.84 bits per heavy atom. The minimum atomic E-state index is 0.550. The van der Waals surface area contributed by atoms with E-state index in [-0.39, 0.29) is 0 Å². The topological polar surface area (TPSA) is 55.6 Å². The molecule has 0 fully saturated rings. The lowest BCUT2D eigenvalue weighted by Crippen LogP contribution is -2.10. The number of benzene rings is 1. The van der Waals surface area contributed by atoms with Gasteiger partial charge >= 0.3 is 0 Å². The standard InChI is InChI=1S/C13H18ClN5/c1-11(10-14)6-5-9-15-13-16-17-18-19(13)12-7-3-2-4-8-12/h2-4,7-8,11H,5-6,9-10H2,1H3,(H,15,16,18). The maximum absolute atomic E-state index is 5.78. The predicted octanol–water partition coefficient (Wildman–Crippen LogP) is 2.73. The van der Waals surface area contributed by atoms with Gasteiger partial charge in [0, 0.05) is 12.4 Å². The summed E-state index contributed by atoms with van der Waals surface area (Å²) in [5.74, 6) is 1.93. The van der Waals surface area contributed by atoms with E-state index in [0.717, 1.165) is 25.1 Å². The Morgan fingerprint density at radius 1 is 1.32 bits per heavy atom. The third-order valence-corrected chi connectivity index (χ3v) is 3.42. The first kappa shape index (κ1) is 13.8. The number of para-hydroxylation sites is 1. The summed E-state index contributed by atoms with van der Waals surface area (Å²) in [5, 5.41) is 14.9. The molecule has 0 saturated heterocycles. The van der Waals surface area contributed by atoms with Gasteiger partial charge in [0.1, 0.15) is 0 Å². The zero-order valence-electron chi connectivity index (χ0n) is 11.0. The maximum Gasteiger partial charge on any atom is 0.247 e. The molecule has 0 radical (unpaired) electrons. The van der Waals surface area contributed by atoms with Crippen molar-refractivity contribution in [3.05, 3.63) is 30.3 Å². The molecule has 1 unspecified atom stereocenters. The van der Waals surface area contributed by atoms with Crippen LogP contribution in [0.1, 0.15) is 19.8 Å². The van der Waals surface area contributed by atoms with E-state index in [1.54, 1.807) is 4.68 Å². The molecule has 0 aliphatic carbocycles. The predicted molar refractivity (Wildman–Crippen MR) is 76.8 cm³/mol. The van der Waals surface area contributed by atoms with Gasteiger partial charge in [0.15, 0.2) is 0 Å².